The highest BCUT2D eigenvalue weighted by atomic mass is 16.6. The van der Waals surface area contributed by atoms with Crippen molar-refractivity contribution >= 4 is 17.6 Å². The van der Waals surface area contributed by atoms with E-state index in [4.69, 9.17) is 14.9 Å². The fourth-order valence-electron chi connectivity index (χ4n) is 3.35. The summed E-state index contributed by atoms with van der Waals surface area (Å²) in [4.78, 5) is 30.5. The van der Waals surface area contributed by atoms with Crippen LogP contribution in [-0.4, -0.2) is 96.5 Å². The van der Waals surface area contributed by atoms with Crippen molar-refractivity contribution in [1.82, 2.24) is 9.80 Å². The fourth-order valence-corrected chi connectivity index (χ4v) is 3.35. The average Bonchev–Trinajstić information content (AvgIpc) is 2.71. The van der Waals surface area contributed by atoms with Crippen molar-refractivity contribution < 1.29 is 24.5 Å². The molecule has 1 aliphatic rings. The minimum atomic E-state index is -0.497. The second-order valence-electron chi connectivity index (χ2n) is 8.46. The molecule has 0 bridgehead atoms. The summed E-state index contributed by atoms with van der Waals surface area (Å²) in [6.45, 7) is 9.75. The number of piperazine rings is 1. The second-order valence-corrected chi connectivity index (χ2v) is 8.46. The maximum atomic E-state index is 12.5. The van der Waals surface area contributed by atoms with E-state index in [2.05, 4.69) is 4.90 Å². The highest BCUT2D eigenvalue weighted by Crippen LogP contribution is 2.17. The molecule has 2 N–H and O–H groups in total. The highest BCUT2D eigenvalue weighted by Gasteiger charge is 2.26. The van der Waals surface area contributed by atoms with E-state index in [1.807, 2.05) is 37.8 Å². The van der Waals surface area contributed by atoms with E-state index in [0.717, 1.165) is 18.8 Å². The first kappa shape index (κ1) is 24.1. The zero-order valence-corrected chi connectivity index (χ0v) is 18.3. The first-order valence-electron chi connectivity index (χ1n) is 10.5. The molecule has 168 valence electrons. The van der Waals surface area contributed by atoms with Gasteiger partial charge in [-0.05, 0) is 45.0 Å². The lowest BCUT2D eigenvalue weighted by Gasteiger charge is -2.35. The number of anilines is 1. The Kier molecular flexibility index (Phi) is 9.08. The molecule has 1 aliphatic heterocycles. The van der Waals surface area contributed by atoms with Crippen molar-refractivity contribution in [3.05, 3.63) is 29.8 Å². The van der Waals surface area contributed by atoms with Gasteiger partial charge in [0.1, 0.15) is 5.60 Å². The van der Waals surface area contributed by atoms with Gasteiger partial charge in [-0.1, -0.05) is 0 Å². The minimum absolute atomic E-state index is 0.00186. The number of benzene rings is 1. The molecule has 2 rings (SSSR count). The summed E-state index contributed by atoms with van der Waals surface area (Å²) in [6, 6.07) is 7.27. The molecule has 1 saturated heterocycles. The van der Waals surface area contributed by atoms with Crippen LogP contribution >= 0.6 is 0 Å². The Morgan fingerprint density at radius 2 is 1.57 bits per heavy atom. The molecule has 0 radical (unpaired) electrons. The molecular formula is C22H35N3O5. The number of ether oxygens (including phenoxy) is 1. The van der Waals surface area contributed by atoms with E-state index in [9.17, 15) is 9.59 Å². The van der Waals surface area contributed by atoms with Crippen molar-refractivity contribution in [2.24, 2.45) is 0 Å². The van der Waals surface area contributed by atoms with Crippen LogP contribution in [0.2, 0.25) is 0 Å². The Labute approximate surface area is 179 Å². The predicted octanol–water partition coefficient (Wildman–Crippen LogP) is 1.60. The second kappa shape index (κ2) is 11.3. The van der Waals surface area contributed by atoms with Crippen LogP contribution in [0.25, 0.3) is 0 Å². The Bertz CT molecular complexity index is 673. The zero-order valence-electron chi connectivity index (χ0n) is 18.3. The zero-order chi connectivity index (χ0) is 22.1. The summed E-state index contributed by atoms with van der Waals surface area (Å²) < 4.78 is 5.41. The third-order valence-electron chi connectivity index (χ3n) is 4.97. The number of rotatable bonds is 9. The van der Waals surface area contributed by atoms with Gasteiger partial charge in [-0.2, -0.15) is 0 Å². The van der Waals surface area contributed by atoms with Gasteiger partial charge in [0.2, 0.25) is 0 Å². The summed E-state index contributed by atoms with van der Waals surface area (Å²) >= 11 is 0. The van der Waals surface area contributed by atoms with Gasteiger partial charge in [0.15, 0.2) is 5.78 Å². The number of hydrogen-bond donors (Lipinski definition) is 2. The van der Waals surface area contributed by atoms with Crippen LogP contribution in [0.4, 0.5) is 10.5 Å². The summed E-state index contributed by atoms with van der Waals surface area (Å²) in [7, 11) is 0. The third kappa shape index (κ3) is 7.59. The SMILES string of the molecule is CC(C)(C)OC(=O)N1CCN(CCC(=O)c2ccc(N(CCO)CCO)cc2)CC1. The largest absolute Gasteiger partial charge is 0.444 e. The van der Waals surface area contributed by atoms with E-state index in [1.165, 1.54) is 0 Å². The molecule has 0 unspecified atom stereocenters. The number of aliphatic hydroxyl groups excluding tert-OH is 2. The normalized spacial score (nSPS) is 15.2. The van der Waals surface area contributed by atoms with E-state index in [0.29, 0.717) is 44.7 Å². The van der Waals surface area contributed by atoms with Gasteiger partial charge < -0.3 is 24.7 Å². The molecule has 1 aromatic rings. The van der Waals surface area contributed by atoms with E-state index < -0.39 is 5.60 Å². The molecule has 0 saturated carbocycles. The lowest BCUT2D eigenvalue weighted by Crippen LogP contribution is -2.50. The number of Topliss-reactive ketones (excluding diaryl/α,β-unsaturated/α-hetero) is 1. The molecule has 8 nitrogen and oxygen atoms in total. The summed E-state index contributed by atoms with van der Waals surface area (Å²) in [5.74, 6) is 0.0759. The molecule has 0 aromatic heterocycles. The maximum Gasteiger partial charge on any atom is 0.410 e. The monoisotopic (exact) mass is 421 g/mol. The molecule has 8 heteroatoms. The Morgan fingerprint density at radius 1 is 1.00 bits per heavy atom. The van der Waals surface area contributed by atoms with Gasteiger partial charge >= 0.3 is 6.09 Å². The van der Waals surface area contributed by atoms with Crippen LogP contribution in [0.5, 0.6) is 0 Å². The number of aliphatic hydroxyl groups is 2. The lowest BCUT2D eigenvalue weighted by atomic mass is 10.1. The summed E-state index contributed by atoms with van der Waals surface area (Å²) in [6.07, 6.45) is 0.137. The standard InChI is InChI=1S/C22H35N3O5/c1-22(2,3)30-21(29)25-12-10-23(11-13-25)9-8-20(28)18-4-6-19(7-5-18)24(14-16-26)15-17-27/h4-7,26-27H,8-17H2,1-3H3. The average molecular weight is 422 g/mol. The molecule has 0 aliphatic carbocycles. The van der Waals surface area contributed by atoms with Gasteiger partial charge in [-0.25, -0.2) is 4.79 Å². The van der Waals surface area contributed by atoms with Gasteiger partial charge in [-0.15, -0.1) is 0 Å². The first-order chi connectivity index (χ1) is 14.2. The van der Waals surface area contributed by atoms with E-state index in [-0.39, 0.29) is 25.1 Å². The molecule has 1 aromatic carbocycles. The van der Waals surface area contributed by atoms with Gasteiger partial charge in [0.25, 0.3) is 0 Å². The van der Waals surface area contributed by atoms with Crippen LogP contribution in [0.1, 0.15) is 37.6 Å². The molecule has 1 fully saturated rings. The number of carbonyl (C=O) groups is 2. The molecule has 1 amide bonds. The molecule has 1 heterocycles. The summed E-state index contributed by atoms with van der Waals surface area (Å²) in [5.41, 5.74) is 1.02. The predicted molar refractivity (Wildman–Crippen MR) is 116 cm³/mol. The van der Waals surface area contributed by atoms with E-state index >= 15 is 0 Å². The van der Waals surface area contributed by atoms with Crippen LogP contribution in [-0.2, 0) is 4.74 Å². The molecule has 0 spiro atoms. The van der Waals surface area contributed by atoms with Gasteiger partial charge in [0, 0.05) is 63.5 Å². The number of ketones is 1. The first-order valence-corrected chi connectivity index (χ1v) is 10.5. The van der Waals surface area contributed by atoms with Crippen LogP contribution < -0.4 is 4.90 Å². The van der Waals surface area contributed by atoms with Crippen molar-refractivity contribution in [1.29, 1.82) is 0 Å². The quantitative estimate of drug-likeness (QED) is 0.585. The third-order valence-corrected chi connectivity index (χ3v) is 4.97. The summed E-state index contributed by atoms with van der Waals surface area (Å²) in [5, 5.41) is 18.3. The molecule has 30 heavy (non-hydrogen) atoms. The van der Waals surface area contributed by atoms with Crippen molar-refractivity contribution in [2.75, 3.05) is 63.9 Å². The van der Waals surface area contributed by atoms with Crippen LogP contribution in [0.3, 0.4) is 0 Å². The van der Waals surface area contributed by atoms with E-state index in [1.54, 1.807) is 17.0 Å². The van der Waals surface area contributed by atoms with Crippen molar-refractivity contribution in [2.45, 2.75) is 32.8 Å². The van der Waals surface area contributed by atoms with Crippen LogP contribution in [0.15, 0.2) is 24.3 Å². The smallest absolute Gasteiger partial charge is 0.410 e. The Hall–Kier alpha value is -2.16. The van der Waals surface area contributed by atoms with Crippen molar-refractivity contribution in [3.8, 4) is 0 Å². The number of amides is 1. The number of carbonyl (C=O) groups excluding carboxylic acids is 2. The lowest BCUT2D eigenvalue weighted by molar-refractivity contribution is 0.0144. The van der Waals surface area contributed by atoms with Crippen LogP contribution in [0, 0.1) is 0 Å². The van der Waals surface area contributed by atoms with Crippen molar-refractivity contribution in [3.63, 3.8) is 0 Å². The topological polar surface area (TPSA) is 93.6 Å². The molecular weight excluding hydrogens is 386 g/mol. The van der Waals surface area contributed by atoms with Gasteiger partial charge in [-0.3, -0.25) is 9.69 Å². The maximum absolute atomic E-state index is 12.5. The Morgan fingerprint density at radius 3 is 2.07 bits per heavy atom. The molecule has 0 atom stereocenters. The number of nitrogens with zero attached hydrogens (tertiary/aromatic N) is 3. The highest BCUT2D eigenvalue weighted by molar-refractivity contribution is 5.96. The number of hydrogen-bond acceptors (Lipinski definition) is 7. The fraction of sp³-hybridized carbons (Fsp3) is 0.636. The minimum Gasteiger partial charge on any atom is -0.444 e. The van der Waals surface area contributed by atoms with Gasteiger partial charge in [0.05, 0.1) is 13.2 Å². The Balaban J connectivity index is 1.79.